The molecule has 0 aliphatic heterocycles. The minimum absolute atomic E-state index is 0.177. The van der Waals surface area contributed by atoms with E-state index in [2.05, 4.69) is 12.2 Å². The molecule has 1 fully saturated rings. The van der Waals surface area contributed by atoms with Gasteiger partial charge >= 0.3 is 0 Å². The molecule has 1 aliphatic rings. The predicted octanol–water partition coefficient (Wildman–Crippen LogP) is 3.11. The molecule has 3 nitrogen and oxygen atoms in total. The second-order valence-electron chi connectivity index (χ2n) is 5.15. The Morgan fingerprint density at radius 3 is 2.72 bits per heavy atom. The maximum atomic E-state index is 11.8. The first-order valence-corrected chi connectivity index (χ1v) is 6.59. The Hall–Kier alpha value is -1.51. The summed E-state index contributed by atoms with van der Waals surface area (Å²) in [5, 5.41) is 3.34. The molecular weight excluding hydrogens is 226 g/mol. The quantitative estimate of drug-likeness (QED) is 0.888. The van der Waals surface area contributed by atoms with Gasteiger partial charge in [0.05, 0.1) is 7.11 Å². The van der Waals surface area contributed by atoms with E-state index in [0.29, 0.717) is 11.7 Å². The van der Waals surface area contributed by atoms with Gasteiger partial charge in [0.15, 0.2) is 0 Å². The van der Waals surface area contributed by atoms with Gasteiger partial charge in [-0.15, -0.1) is 0 Å². The van der Waals surface area contributed by atoms with Crippen LogP contribution in [0.4, 0.5) is 5.69 Å². The van der Waals surface area contributed by atoms with E-state index in [9.17, 15) is 4.79 Å². The van der Waals surface area contributed by atoms with Gasteiger partial charge in [0.25, 0.3) is 0 Å². The van der Waals surface area contributed by atoms with Crippen molar-refractivity contribution in [3.8, 4) is 5.75 Å². The van der Waals surface area contributed by atoms with Crippen LogP contribution in [0.1, 0.15) is 26.2 Å². The molecule has 1 aromatic rings. The second kappa shape index (κ2) is 5.89. The lowest BCUT2D eigenvalue weighted by Crippen LogP contribution is -2.29. The van der Waals surface area contributed by atoms with Gasteiger partial charge in [-0.05, 0) is 43.0 Å². The Balaban J connectivity index is 1.88. The van der Waals surface area contributed by atoms with Crippen LogP contribution in [0.3, 0.4) is 0 Å². The monoisotopic (exact) mass is 247 g/mol. The lowest BCUT2D eigenvalue weighted by atomic mass is 9.81. The zero-order valence-electron chi connectivity index (χ0n) is 11.1. The Kier molecular flexibility index (Phi) is 4.24. The Morgan fingerprint density at radius 1 is 1.33 bits per heavy atom. The third-order valence-corrected chi connectivity index (χ3v) is 3.67. The van der Waals surface area contributed by atoms with E-state index in [-0.39, 0.29) is 5.92 Å². The van der Waals surface area contributed by atoms with Crippen molar-refractivity contribution in [1.82, 2.24) is 0 Å². The Bertz CT molecular complexity index is 399. The molecule has 0 bridgehead atoms. The fourth-order valence-corrected chi connectivity index (χ4v) is 2.47. The van der Waals surface area contributed by atoms with Gasteiger partial charge in [-0.1, -0.05) is 6.92 Å². The van der Waals surface area contributed by atoms with E-state index < -0.39 is 0 Å². The molecular formula is C15H21NO2. The molecule has 1 aliphatic carbocycles. The number of nitrogens with one attached hydrogen (secondary N) is 1. The first kappa shape index (κ1) is 12.9. The average Bonchev–Trinajstić information content (AvgIpc) is 2.40. The fraction of sp³-hybridized carbons (Fsp3) is 0.533. The van der Waals surface area contributed by atoms with Crippen LogP contribution in [0.2, 0.25) is 0 Å². The molecule has 1 saturated carbocycles. The van der Waals surface area contributed by atoms with Crippen molar-refractivity contribution in [2.75, 3.05) is 19.0 Å². The molecule has 98 valence electrons. The molecule has 2 rings (SSSR count). The van der Waals surface area contributed by atoms with Crippen molar-refractivity contribution in [3.05, 3.63) is 24.3 Å². The van der Waals surface area contributed by atoms with Crippen LogP contribution in [0.25, 0.3) is 0 Å². The molecule has 0 heterocycles. The molecule has 18 heavy (non-hydrogen) atoms. The number of benzene rings is 1. The van der Waals surface area contributed by atoms with Crippen LogP contribution in [0.15, 0.2) is 24.3 Å². The van der Waals surface area contributed by atoms with Crippen LogP contribution >= 0.6 is 0 Å². The zero-order chi connectivity index (χ0) is 13.0. The zero-order valence-corrected chi connectivity index (χ0v) is 11.1. The average molecular weight is 247 g/mol. The highest BCUT2D eigenvalue weighted by atomic mass is 16.5. The lowest BCUT2D eigenvalue weighted by molar-refractivity contribution is -0.124. The molecule has 2 atom stereocenters. The number of carbonyl (C=O) groups is 1. The van der Waals surface area contributed by atoms with E-state index >= 15 is 0 Å². The van der Waals surface area contributed by atoms with Crippen LogP contribution in [0, 0.1) is 11.8 Å². The number of anilines is 1. The molecule has 1 N–H and O–H groups in total. The number of Topliss-reactive ketones (excluding diaryl/α,β-unsaturated/α-hetero) is 1. The molecule has 1 aromatic carbocycles. The molecule has 0 aromatic heterocycles. The SMILES string of the molecule is COc1ccc(NC[C@@H]2C[C@@H](C)CCC2=O)cc1. The van der Waals surface area contributed by atoms with Gasteiger partial charge in [-0.3, -0.25) is 4.79 Å². The summed E-state index contributed by atoms with van der Waals surface area (Å²) < 4.78 is 5.11. The maximum Gasteiger partial charge on any atom is 0.137 e. The predicted molar refractivity (Wildman–Crippen MR) is 73.0 cm³/mol. The van der Waals surface area contributed by atoms with Crippen LogP contribution in [-0.4, -0.2) is 19.4 Å². The van der Waals surface area contributed by atoms with Crippen molar-refractivity contribution < 1.29 is 9.53 Å². The lowest BCUT2D eigenvalue weighted by Gasteiger charge is -2.26. The third kappa shape index (κ3) is 3.25. The highest BCUT2D eigenvalue weighted by molar-refractivity contribution is 5.82. The van der Waals surface area contributed by atoms with Crippen molar-refractivity contribution in [1.29, 1.82) is 0 Å². The third-order valence-electron chi connectivity index (χ3n) is 3.67. The maximum absolute atomic E-state index is 11.8. The minimum Gasteiger partial charge on any atom is -0.497 e. The van der Waals surface area contributed by atoms with Gasteiger partial charge in [0.2, 0.25) is 0 Å². The topological polar surface area (TPSA) is 38.3 Å². The summed E-state index contributed by atoms with van der Waals surface area (Å²) in [5.41, 5.74) is 1.04. The van der Waals surface area contributed by atoms with Crippen LogP contribution in [-0.2, 0) is 4.79 Å². The fourth-order valence-electron chi connectivity index (χ4n) is 2.47. The second-order valence-corrected chi connectivity index (χ2v) is 5.15. The summed E-state index contributed by atoms with van der Waals surface area (Å²) in [6, 6.07) is 7.81. The summed E-state index contributed by atoms with van der Waals surface area (Å²) >= 11 is 0. The van der Waals surface area contributed by atoms with E-state index in [1.165, 1.54) is 0 Å². The molecule has 0 radical (unpaired) electrons. The minimum atomic E-state index is 0.177. The van der Waals surface area contributed by atoms with Gasteiger partial charge in [0, 0.05) is 24.6 Å². The summed E-state index contributed by atoms with van der Waals surface area (Å²) in [7, 11) is 1.66. The normalized spacial score (nSPS) is 23.8. The van der Waals surface area contributed by atoms with Crippen molar-refractivity contribution in [2.24, 2.45) is 11.8 Å². The molecule has 0 amide bonds. The summed E-state index contributed by atoms with van der Waals surface area (Å²) in [4.78, 5) is 11.8. The smallest absolute Gasteiger partial charge is 0.137 e. The molecule has 0 spiro atoms. The summed E-state index contributed by atoms with van der Waals surface area (Å²) in [6.07, 6.45) is 2.82. The van der Waals surface area contributed by atoms with Crippen molar-refractivity contribution in [3.63, 3.8) is 0 Å². The number of hydrogen-bond donors (Lipinski definition) is 1. The van der Waals surface area contributed by atoms with Gasteiger partial charge in [-0.25, -0.2) is 0 Å². The number of methoxy groups -OCH3 is 1. The standard InChI is InChI=1S/C15H21NO2/c1-11-3-8-15(17)12(9-11)10-16-13-4-6-14(18-2)7-5-13/h4-7,11-12,16H,3,8-10H2,1-2H3/t11-,12-/m0/s1. The Morgan fingerprint density at radius 2 is 2.06 bits per heavy atom. The van der Waals surface area contributed by atoms with E-state index in [1.807, 2.05) is 24.3 Å². The van der Waals surface area contributed by atoms with E-state index in [4.69, 9.17) is 4.74 Å². The first-order valence-electron chi connectivity index (χ1n) is 6.59. The number of ether oxygens (including phenoxy) is 1. The highest BCUT2D eigenvalue weighted by Gasteiger charge is 2.25. The molecule has 0 saturated heterocycles. The van der Waals surface area contributed by atoms with Gasteiger partial charge in [-0.2, -0.15) is 0 Å². The highest BCUT2D eigenvalue weighted by Crippen LogP contribution is 2.26. The van der Waals surface area contributed by atoms with Crippen molar-refractivity contribution >= 4 is 11.5 Å². The van der Waals surface area contributed by atoms with Gasteiger partial charge < -0.3 is 10.1 Å². The number of rotatable bonds is 4. The Labute approximate surface area is 109 Å². The number of ketones is 1. The van der Waals surface area contributed by atoms with Gasteiger partial charge in [0.1, 0.15) is 11.5 Å². The summed E-state index contributed by atoms with van der Waals surface area (Å²) in [5.74, 6) is 2.11. The molecule has 3 heteroatoms. The largest absolute Gasteiger partial charge is 0.497 e. The van der Waals surface area contributed by atoms with Crippen LogP contribution in [0.5, 0.6) is 5.75 Å². The van der Waals surface area contributed by atoms with Crippen LogP contribution < -0.4 is 10.1 Å². The van der Waals surface area contributed by atoms with E-state index in [1.54, 1.807) is 7.11 Å². The summed E-state index contributed by atoms with van der Waals surface area (Å²) in [6.45, 7) is 2.97. The first-order chi connectivity index (χ1) is 8.69. The van der Waals surface area contributed by atoms with Crippen molar-refractivity contribution in [2.45, 2.75) is 26.2 Å². The number of hydrogen-bond acceptors (Lipinski definition) is 3. The van der Waals surface area contributed by atoms with E-state index in [0.717, 1.165) is 37.2 Å². The molecule has 0 unspecified atom stereocenters. The number of carbonyl (C=O) groups excluding carboxylic acids is 1.